The highest BCUT2D eigenvalue weighted by molar-refractivity contribution is 5.34. The van der Waals surface area contributed by atoms with E-state index in [0.717, 1.165) is 12.0 Å². The number of halogens is 2. The van der Waals surface area contributed by atoms with E-state index < -0.39 is 12.0 Å². The minimum atomic E-state index is -1.43. The first-order valence-corrected chi connectivity index (χ1v) is 4.15. The van der Waals surface area contributed by atoms with Crippen LogP contribution in [-0.2, 0) is 0 Å². The maximum atomic E-state index is 12.7. The van der Waals surface area contributed by atoms with Crippen molar-refractivity contribution in [3.63, 3.8) is 0 Å². The van der Waals surface area contributed by atoms with Crippen molar-refractivity contribution in [2.45, 2.75) is 25.1 Å². The van der Waals surface area contributed by atoms with Crippen LogP contribution in [0.25, 0.3) is 0 Å². The first kappa shape index (κ1) is 7.92. The maximum Gasteiger partial charge on any atom is 0.155 e. The van der Waals surface area contributed by atoms with Crippen LogP contribution in [0.2, 0.25) is 0 Å². The van der Waals surface area contributed by atoms with Crippen LogP contribution in [0.5, 0.6) is 0 Å². The molecule has 0 aliphatic heterocycles. The molecule has 3 heteroatoms. The third kappa shape index (κ3) is 1.29. The van der Waals surface area contributed by atoms with Gasteiger partial charge in [0.05, 0.1) is 0 Å². The van der Waals surface area contributed by atoms with Gasteiger partial charge in [0.2, 0.25) is 0 Å². The average Bonchev–Trinajstić information content (AvgIpc) is 2.73. The van der Waals surface area contributed by atoms with E-state index >= 15 is 0 Å². The van der Waals surface area contributed by atoms with E-state index in [4.69, 9.17) is 5.73 Å². The number of rotatable bonds is 1. The molecule has 2 N–H and O–H groups in total. The summed E-state index contributed by atoms with van der Waals surface area (Å²) in [5.74, 6) is -0.366. The van der Waals surface area contributed by atoms with Crippen molar-refractivity contribution in [2.75, 3.05) is 0 Å². The first-order chi connectivity index (χ1) is 5.68. The van der Waals surface area contributed by atoms with Crippen LogP contribution in [0.1, 0.15) is 12.8 Å². The predicted octanol–water partition coefficient (Wildman–Crippen LogP) is 1.86. The summed E-state index contributed by atoms with van der Waals surface area (Å²) < 4.78 is 25.4. The topological polar surface area (TPSA) is 26.0 Å². The Morgan fingerprint density at radius 3 is 2.67 bits per heavy atom. The number of alkyl halides is 1. The number of hydrogen-bond donors (Lipinski definition) is 1. The molecule has 0 spiro atoms. The molecule has 2 rings (SSSR count). The minimum Gasteiger partial charge on any atom is -0.327 e. The fraction of sp³-hybridized carbons (Fsp3) is 0.556. The highest BCUT2D eigenvalue weighted by Crippen LogP contribution is 2.39. The quantitative estimate of drug-likeness (QED) is 0.640. The molecule has 0 saturated heterocycles. The van der Waals surface area contributed by atoms with Crippen LogP contribution in [0.3, 0.4) is 0 Å². The summed E-state index contributed by atoms with van der Waals surface area (Å²) >= 11 is 0. The lowest BCUT2D eigenvalue weighted by atomic mass is 10.0. The van der Waals surface area contributed by atoms with E-state index in [9.17, 15) is 8.78 Å². The molecule has 1 nitrogen and oxygen atoms in total. The zero-order chi connectivity index (χ0) is 8.72. The maximum absolute atomic E-state index is 12.7. The summed E-state index contributed by atoms with van der Waals surface area (Å²) in [6.45, 7) is 0. The Labute approximate surface area is 69.9 Å². The Balaban J connectivity index is 2.10. The molecule has 0 aromatic heterocycles. The molecule has 2 aliphatic rings. The molecule has 66 valence electrons. The summed E-state index contributed by atoms with van der Waals surface area (Å²) in [5.41, 5.74) is 6.47. The Bertz CT molecular complexity index is 257. The normalized spacial score (nSPS) is 40.4. The van der Waals surface area contributed by atoms with Crippen molar-refractivity contribution in [2.24, 2.45) is 11.7 Å². The summed E-state index contributed by atoms with van der Waals surface area (Å²) in [6, 6.07) is 0.163. The number of nitrogens with two attached hydrogens (primary N) is 1. The van der Waals surface area contributed by atoms with E-state index in [1.807, 2.05) is 0 Å². The second-order valence-electron chi connectivity index (χ2n) is 3.44. The van der Waals surface area contributed by atoms with Crippen molar-refractivity contribution in [1.82, 2.24) is 0 Å². The highest BCUT2D eigenvalue weighted by Gasteiger charge is 2.37. The third-order valence-corrected chi connectivity index (χ3v) is 2.43. The van der Waals surface area contributed by atoms with E-state index in [2.05, 4.69) is 0 Å². The zero-order valence-corrected chi connectivity index (χ0v) is 6.63. The van der Waals surface area contributed by atoms with Crippen LogP contribution >= 0.6 is 0 Å². The highest BCUT2D eigenvalue weighted by atomic mass is 19.2. The Morgan fingerprint density at radius 2 is 2.17 bits per heavy atom. The fourth-order valence-corrected chi connectivity index (χ4v) is 1.52. The van der Waals surface area contributed by atoms with Crippen LogP contribution < -0.4 is 5.73 Å². The number of allylic oxidation sites excluding steroid dienone is 3. The van der Waals surface area contributed by atoms with E-state index in [-0.39, 0.29) is 18.4 Å². The second kappa shape index (κ2) is 2.66. The summed E-state index contributed by atoms with van der Waals surface area (Å²) in [7, 11) is 0. The van der Waals surface area contributed by atoms with Gasteiger partial charge in [0.15, 0.2) is 6.17 Å². The minimum absolute atomic E-state index is 0.163. The SMILES string of the molecule is NC1CC1C1=CC[C@H](F)C(F)=C1. The molecule has 0 amide bonds. The molecule has 1 saturated carbocycles. The van der Waals surface area contributed by atoms with Crippen molar-refractivity contribution in [1.29, 1.82) is 0 Å². The van der Waals surface area contributed by atoms with Crippen LogP contribution in [0, 0.1) is 5.92 Å². The van der Waals surface area contributed by atoms with Crippen molar-refractivity contribution < 1.29 is 8.78 Å². The van der Waals surface area contributed by atoms with Gasteiger partial charge in [0.1, 0.15) is 5.83 Å². The van der Waals surface area contributed by atoms with Gasteiger partial charge in [-0.2, -0.15) is 0 Å². The molecule has 0 bridgehead atoms. The molecule has 3 atom stereocenters. The lowest BCUT2D eigenvalue weighted by molar-refractivity contribution is 0.324. The van der Waals surface area contributed by atoms with Gasteiger partial charge >= 0.3 is 0 Å². The van der Waals surface area contributed by atoms with Crippen molar-refractivity contribution >= 4 is 0 Å². The van der Waals surface area contributed by atoms with Gasteiger partial charge in [0, 0.05) is 18.4 Å². The van der Waals surface area contributed by atoms with Crippen LogP contribution in [0.4, 0.5) is 8.78 Å². The molecule has 2 unspecified atom stereocenters. The Hall–Kier alpha value is -0.700. The predicted molar refractivity (Wildman–Crippen MR) is 42.9 cm³/mol. The van der Waals surface area contributed by atoms with E-state index in [0.29, 0.717) is 0 Å². The Morgan fingerprint density at radius 1 is 1.50 bits per heavy atom. The standard InChI is InChI=1S/C9H11F2N/c10-7-2-1-5(3-8(7)11)6-4-9(6)12/h1,3,6-7,9H,2,4,12H2/t6?,7-,9?/m0/s1. The van der Waals surface area contributed by atoms with Gasteiger partial charge in [-0.05, 0) is 18.1 Å². The van der Waals surface area contributed by atoms with Gasteiger partial charge in [-0.3, -0.25) is 0 Å². The van der Waals surface area contributed by atoms with Crippen molar-refractivity contribution in [3.05, 3.63) is 23.6 Å². The van der Waals surface area contributed by atoms with Gasteiger partial charge in [-0.1, -0.05) is 6.08 Å². The van der Waals surface area contributed by atoms with Crippen molar-refractivity contribution in [3.8, 4) is 0 Å². The molecular weight excluding hydrogens is 160 g/mol. The van der Waals surface area contributed by atoms with E-state index in [1.54, 1.807) is 6.08 Å². The van der Waals surface area contributed by atoms with Gasteiger partial charge in [-0.15, -0.1) is 0 Å². The number of hydrogen-bond acceptors (Lipinski definition) is 1. The molecule has 12 heavy (non-hydrogen) atoms. The van der Waals surface area contributed by atoms with Crippen LogP contribution in [-0.4, -0.2) is 12.2 Å². The molecule has 0 radical (unpaired) electrons. The Kier molecular flexibility index (Phi) is 1.76. The molecule has 0 aromatic rings. The van der Waals surface area contributed by atoms with Gasteiger partial charge < -0.3 is 5.73 Å². The summed E-state index contributed by atoms with van der Waals surface area (Å²) in [5, 5.41) is 0. The lowest BCUT2D eigenvalue weighted by Gasteiger charge is -2.11. The third-order valence-electron chi connectivity index (χ3n) is 2.43. The first-order valence-electron chi connectivity index (χ1n) is 4.15. The molecule has 2 aliphatic carbocycles. The van der Waals surface area contributed by atoms with Gasteiger partial charge in [-0.25, -0.2) is 8.78 Å². The van der Waals surface area contributed by atoms with E-state index in [1.165, 1.54) is 6.08 Å². The smallest absolute Gasteiger partial charge is 0.155 e. The van der Waals surface area contributed by atoms with Gasteiger partial charge in [0.25, 0.3) is 0 Å². The molecule has 1 fully saturated rings. The lowest BCUT2D eigenvalue weighted by Crippen LogP contribution is -2.08. The zero-order valence-electron chi connectivity index (χ0n) is 6.63. The fourth-order valence-electron chi connectivity index (χ4n) is 1.52. The molecule has 0 aromatic carbocycles. The second-order valence-corrected chi connectivity index (χ2v) is 3.44. The summed E-state index contributed by atoms with van der Waals surface area (Å²) in [6.07, 6.45) is 2.70. The summed E-state index contributed by atoms with van der Waals surface area (Å²) in [4.78, 5) is 0. The van der Waals surface area contributed by atoms with Crippen LogP contribution in [0.15, 0.2) is 23.6 Å². The molecular formula is C9H11F2N. The molecule has 0 heterocycles. The largest absolute Gasteiger partial charge is 0.327 e. The monoisotopic (exact) mass is 171 g/mol. The average molecular weight is 171 g/mol.